The predicted octanol–water partition coefficient (Wildman–Crippen LogP) is 4.73. The lowest BCUT2D eigenvalue weighted by molar-refractivity contribution is 0.646. The quantitative estimate of drug-likeness (QED) is 0.537. The van der Waals surface area contributed by atoms with Gasteiger partial charge in [-0.2, -0.15) is 0 Å². The van der Waals surface area contributed by atoms with Crippen molar-refractivity contribution in [1.82, 2.24) is 0 Å². The second-order valence-electron chi connectivity index (χ2n) is 3.81. The molecule has 76 valence electrons. The fraction of sp³-hybridized carbons (Fsp3) is 0.692. The monoisotopic (exact) mass is 180 g/mol. The van der Waals surface area contributed by atoms with Crippen LogP contribution in [-0.2, 0) is 0 Å². The minimum absolute atomic E-state index is 0.674. The third-order valence-corrected chi connectivity index (χ3v) is 2.90. The molecule has 0 amide bonds. The predicted molar refractivity (Wildman–Crippen MR) is 61.9 cm³/mol. The number of rotatable bonds is 5. The molecule has 0 aliphatic carbocycles. The van der Waals surface area contributed by atoms with E-state index in [0.717, 1.165) is 12.8 Å². The average molecular weight is 180 g/mol. The highest BCUT2D eigenvalue weighted by atomic mass is 14.2. The third kappa shape index (κ3) is 3.38. The van der Waals surface area contributed by atoms with Crippen molar-refractivity contribution in [1.29, 1.82) is 0 Å². The molecule has 0 fully saturated rings. The zero-order chi connectivity index (χ0) is 10.4. The van der Waals surface area contributed by atoms with Crippen LogP contribution in [0.15, 0.2) is 23.3 Å². The van der Waals surface area contributed by atoms with Crippen molar-refractivity contribution in [2.45, 2.75) is 53.9 Å². The fourth-order valence-electron chi connectivity index (χ4n) is 1.66. The van der Waals surface area contributed by atoms with E-state index < -0.39 is 0 Å². The van der Waals surface area contributed by atoms with E-state index in [0.29, 0.717) is 5.92 Å². The molecule has 1 unspecified atom stereocenters. The summed E-state index contributed by atoms with van der Waals surface area (Å²) >= 11 is 0. The first kappa shape index (κ1) is 12.5. The van der Waals surface area contributed by atoms with E-state index in [4.69, 9.17) is 0 Å². The van der Waals surface area contributed by atoms with Crippen molar-refractivity contribution in [3.63, 3.8) is 0 Å². The molecule has 0 N–H and O–H groups in total. The first-order valence-electron chi connectivity index (χ1n) is 5.46. The Morgan fingerprint density at radius 3 is 2.00 bits per heavy atom. The van der Waals surface area contributed by atoms with Crippen LogP contribution in [0.3, 0.4) is 0 Å². The lowest BCUT2D eigenvalue weighted by Gasteiger charge is -2.19. The molecule has 0 aliphatic heterocycles. The Bertz CT molecular complexity index is 196. The van der Waals surface area contributed by atoms with Gasteiger partial charge in [-0.25, -0.2) is 0 Å². The van der Waals surface area contributed by atoms with Crippen LogP contribution in [0.2, 0.25) is 0 Å². The summed E-state index contributed by atoms with van der Waals surface area (Å²) in [6.45, 7) is 15.4. The maximum atomic E-state index is 4.15. The number of hydrogen-bond acceptors (Lipinski definition) is 0. The van der Waals surface area contributed by atoms with Crippen molar-refractivity contribution < 1.29 is 0 Å². The van der Waals surface area contributed by atoms with Gasteiger partial charge in [0.1, 0.15) is 0 Å². The summed E-state index contributed by atoms with van der Waals surface area (Å²) in [6, 6.07) is 0. The molecule has 0 saturated heterocycles. The van der Waals surface area contributed by atoms with Gasteiger partial charge in [0, 0.05) is 0 Å². The van der Waals surface area contributed by atoms with Gasteiger partial charge < -0.3 is 0 Å². The van der Waals surface area contributed by atoms with Crippen molar-refractivity contribution in [3.05, 3.63) is 23.3 Å². The van der Waals surface area contributed by atoms with Crippen molar-refractivity contribution in [3.8, 4) is 0 Å². The van der Waals surface area contributed by atoms with Gasteiger partial charge in [0.25, 0.3) is 0 Å². The van der Waals surface area contributed by atoms with Gasteiger partial charge in [-0.1, -0.05) is 45.4 Å². The molecular weight excluding hydrogens is 156 g/mol. The zero-order valence-corrected chi connectivity index (χ0v) is 9.91. The molecule has 0 radical (unpaired) electrons. The largest absolute Gasteiger partial charge is 0.0956 e. The minimum atomic E-state index is 0.674. The van der Waals surface area contributed by atoms with Gasteiger partial charge >= 0.3 is 0 Å². The van der Waals surface area contributed by atoms with Crippen molar-refractivity contribution in [2.24, 2.45) is 5.92 Å². The molecule has 0 aliphatic rings. The molecule has 13 heavy (non-hydrogen) atoms. The summed E-state index contributed by atoms with van der Waals surface area (Å²) in [5.74, 6) is 0.674. The summed E-state index contributed by atoms with van der Waals surface area (Å²) in [7, 11) is 0. The maximum absolute atomic E-state index is 4.15. The molecule has 0 aromatic rings. The van der Waals surface area contributed by atoms with E-state index in [1.165, 1.54) is 23.1 Å². The molecule has 0 bridgehead atoms. The summed E-state index contributed by atoms with van der Waals surface area (Å²) in [4.78, 5) is 0. The topological polar surface area (TPSA) is 0 Å². The van der Waals surface area contributed by atoms with Crippen LogP contribution >= 0.6 is 0 Å². The van der Waals surface area contributed by atoms with Crippen LogP contribution in [-0.4, -0.2) is 0 Å². The average Bonchev–Trinajstić information content (AvgIpc) is 2.16. The van der Waals surface area contributed by atoms with E-state index in [1.807, 2.05) is 0 Å². The van der Waals surface area contributed by atoms with Gasteiger partial charge in [0.05, 0.1) is 0 Å². The van der Waals surface area contributed by atoms with Crippen LogP contribution in [0.25, 0.3) is 0 Å². The normalized spacial score (nSPS) is 15.2. The summed E-state index contributed by atoms with van der Waals surface area (Å²) in [5.41, 5.74) is 4.36. The van der Waals surface area contributed by atoms with Crippen LogP contribution in [0.1, 0.15) is 53.9 Å². The molecule has 0 aromatic carbocycles. The first-order chi connectivity index (χ1) is 6.08. The zero-order valence-electron chi connectivity index (χ0n) is 9.91. The Kier molecular flexibility index (Phi) is 5.77. The maximum Gasteiger partial charge on any atom is -0.0191 e. The number of hydrogen-bond donors (Lipinski definition) is 0. The minimum Gasteiger partial charge on any atom is -0.0956 e. The Labute approximate surface area is 83.7 Å². The molecule has 0 rings (SSSR count). The Morgan fingerprint density at radius 2 is 1.69 bits per heavy atom. The molecule has 0 spiro atoms. The summed E-state index contributed by atoms with van der Waals surface area (Å²) in [5, 5.41) is 0. The highest BCUT2D eigenvalue weighted by Crippen LogP contribution is 2.27. The Hall–Kier alpha value is -0.520. The van der Waals surface area contributed by atoms with E-state index in [2.05, 4.69) is 41.2 Å². The summed E-state index contributed by atoms with van der Waals surface area (Å²) < 4.78 is 0. The van der Waals surface area contributed by atoms with Gasteiger partial charge in [0.2, 0.25) is 0 Å². The molecule has 0 nitrogen and oxygen atoms in total. The molecule has 1 atom stereocenters. The van der Waals surface area contributed by atoms with Crippen LogP contribution in [0, 0.1) is 5.92 Å². The third-order valence-electron chi connectivity index (χ3n) is 2.90. The standard InChI is InChI=1S/C13H24/c1-7-10(4)13(11(5)8-2)12(6)9-3/h11H,4,7-9H2,1-3,5-6H3. The fourth-order valence-corrected chi connectivity index (χ4v) is 1.66. The Morgan fingerprint density at radius 1 is 1.15 bits per heavy atom. The van der Waals surface area contributed by atoms with Crippen molar-refractivity contribution in [2.75, 3.05) is 0 Å². The second-order valence-corrected chi connectivity index (χ2v) is 3.81. The highest BCUT2D eigenvalue weighted by Gasteiger charge is 2.11. The Balaban J connectivity index is 4.86. The lowest BCUT2D eigenvalue weighted by Crippen LogP contribution is -2.03. The van der Waals surface area contributed by atoms with Crippen LogP contribution in [0.5, 0.6) is 0 Å². The van der Waals surface area contributed by atoms with Crippen LogP contribution in [0.4, 0.5) is 0 Å². The van der Waals surface area contributed by atoms with Crippen molar-refractivity contribution >= 4 is 0 Å². The molecule has 0 aromatic heterocycles. The van der Waals surface area contributed by atoms with E-state index >= 15 is 0 Å². The summed E-state index contributed by atoms with van der Waals surface area (Å²) in [6.07, 6.45) is 3.45. The highest BCUT2D eigenvalue weighted by molar-refractivity contribution is 5.34. The van der Waals surface area contributed by atoms with Gasteiger partial charge in [-0.05, 0) is 37.7 Å². The smallest absolute Gasteiger partial charge is 0.0191 e. The first-order valence-corrected chi connectivity index (χ1v) is 5.46. The SMILES string of the molecule is C=C(CC)C(=C(C)CC)C(C)CC. The van der Waals surface area contributed by atoms with Gasteiger partial charge in [-0.15, -0.1) is 0 Å². The van der Waals surface area contributed by atoms with E-state index in [1.54, 1.807) is 0 Å². The lowest BCUT2D eigenvalue weighted by atomic mass is 9.87. The van der Waals surface area contributed by atoms with E-state index in [9.17, 15) is 0 Å². The second kappa shape index (κ2) is 6.01. The number of allylic oxidation sites excluding steroid dienone is 3. The van der Waals surface area contributed by atoms with Gasteiger partial charge in [-0.3, -0.25) is 0 Å². The molecule has 0 heterocycles. The van der Waals surface area contributed by atoms with E-state index in [-0.39, 0.29) is 0 Å². The molecule has 0 saturated carbocycles. The van der Waals surface area contributed by atoms with Gasteiger partial charge in [0.15, 0.2) is 0 Å². The molecule has 0 heteroatoms. The van der Waals surface area contributed by atoms with Crippen LogP contribution < -0.4 is 0 Å². The molecular formula is C13H24.